The standard InChI is InChI=1S/C13H15N3O4/c1-9-6-15(7-12(8-17)20-9)11-3-2-10(5-14)13(4-11)16(18)19/h2-4,9,12,17H,6-8H2,1H3. The van der Waals surface area contributed by atoms with Crippen LogP contribution in [0.1, 0.15) is 12.5 Å². The van der Waals surface area contributed by atoms with Gasteiger partial charge >= 0.3 is 0 Å². The summed E-state index contributed by atoms with van der Waals surface area (Å²) in [6.07, 6.45) is -0.385. The Balaban J connectivity index is 2.31. The molecule has 2 rings (SSSR count). The first-order chi connectivity index (χ1) is 9.55. The van der Waals surface area contributed by atoms with Crippen LogP contribution in [0.15, 0.2) is 18.2 Å². The average Bonchev–Trinajstić information content (AvgIpc) is 2.45. The number of hydrogen-bond acceptors (Lipinski definition) is 6. The van der Waals surface area contributed by atoms with Crippen LogP contribution in [0, 0.1) is 21.4 Å². The zero-order valence-electron chi connectivity index (χ0n) is 11.0. The number of hydrogen-bond donors (Lipinski definition) is 1. The van der Waals surface area contributed by atoms with Crippen molar-refractivity contribution < 1.29 is 14.8 Å². The summed E-state index contributed by atoms with van der Waals surface area (Å²) in [5.74, 6) is 0. The Morgan fingerprint density at radius 3 is 2.95 bits per heavy atom. The molecule has 0 saturated carbocycles. The fourth-order valence-corrected chi connectivity index (χ4v) is 2.32. The lowest BCUT2D eigenvalue weighted by Crippen LogP contribution is -2.48. The molecule has 1 N–H and O–H groups in total. The number of aliphatic hydroxyl groups excluding tert-OH is 1. The van der Waals surface area contributed by atoms with Crippen molar-refractivity contribution in [2.24, 2.45) is 0 Å². The normalized spacial score (nSPS) is 22.4. The number of benzene rings is 1. The summed E-state index contributed by atoms with van der Waals surface area (Å²) in [6, 6.07) is 6.33. The second kappa shape index (κ2) is 5.86. The van der Waals surface area contributed by atoms with Crippen molar-refractivity contribution in [2.75, 3.05) is 24.6 Å². The summed E-state index contributed by atoms with van der Waals surface area (Å²) >= 11 is 0. The topological polar surface area (TPSA) is 99.6 Å². The monoisotopic (exact) mass is 277 g/mol. The molecular weight excluding hydrogens is 262 g/mol. The Kier molecular flexibility index (Phi) is 4.17. The van der Waals surface area contributed by atoms with Crippen LogP contribution in [0.3, 0.4) is 0 Å². The summed E-state index contributed by atoms with van der Waals surface area (Å²) in [5, 5.41) is 29.0. The third kappa shape index (κ3) is 2.87. The Morgan fingerprint density at radius 2 is 2.35 bits per heavy atom. The van der Waals surface area contributed by atoms with E-state index in [1.54, 1.807) is 6.07 Å². The lowest BCUT2D eigenvalue weighted by Gasteiger charge is -2.37. The molecule has 0 aliphatic carbocycles. The van der Waals surface area contributed by atoms with Crippen LogP contribution in [0.2, 0.25) is 0 Å². The molecule has 1 aromatic rings. The number of ether oxygens (including phenoxy) is 1. The number of anilines is 1. The van der Waals surface area contributed by atoms with Crippen LogP contribution in [0.25, 0.3) is 0 Å². The van der Waals surface area contributed by atoms with Gasteiger partial charge < -0.3 is 14.7 Å². The average molecular weight is 277 g/mol. The van der Waals surface area contributed by atoms with Gasteiger partial charge in [0, 0.05) is 24.8 Å². The van der Waals surface area contributed by atoms with E-state index in [-0.39, 0.29) is 30.1 Å². The van der Waals surface area contributed by atoms with Gasteiger partial charge in [0.15, 0.2) is 0 Å². The van der Waals surface area contributed by atoms with E-state index < -0.39 is 4.92 Å². The molecule has 1 saturated heterocycles. The number of aliphatic hydroxyl groups is 1. The van der Waals surface area contributed by atoms with Crippen molar-refractivity contribution in [3.63, 3.8) is 0 Å². The van der Waals surface area contributed by atoms with Gasteiger partial charge in [-0.05, 0) is 19.1 Å². The molecular formula is C13H15N3O4. The van der Waals surface area contributed by atoms with Crippen LogP contribution in [0.5, 0.6) is 0 Å². The number of nitriles is 1. The zero-order chi connectivity index (χ0) is 14.7. The largest absolute Gasteiger partial charge is 0.394 e. The molecule has 1 fully saturated rings. The second-order valence-corrected chi connectivity index (χ2v) is 4.73. The smallest absolute Gasteiger partial charge is 0.289 e. The maximum absolute atomic E-state index is 11.0. The van der Waals surface area contributed by atoms with Crippen LogP contribution in [-0.4, -0.2) is 41.9 Å². The van der Waals surface area contributed by atoms with E-state index >= 15 is 0 Å². The van der Waals surface area contributed by atoms with E-state index in [4.69, 9.17) is 10.00 Å². The molecule has 106 valence electrons. The lowest BCUT2D eigenvalue weighted by atomic mass is 10.1. The Bertz CT molecular complexity index is 555. The molecule has 1 aliphatic heterocycles. The number of nitro benzene ring substituents is 1. The second-order valence-electron chi connectivity index (χ2n) is 4.73. The zero-order valence-corrected chi connectivity index (χ0v) is 11.0. The van der Waals surface area contributed by atoms with E-state index in [1.807, 2.05) is 17.9 Å². The highest BCUT2D eigenvalue weighted by Crippen LogP contribution is 2.27. The first-order valence-electron chi connectivity index (χ1n) is 6.25. The summed E-state index contributed by atoms with van der Waals surface area (Å²) in [4.78, 5) is 12.3. The van der Waals surface area contributed by atoms with Crippen molar-refractivity contribution in [1.29, 1.82) is 5.26 Å². The molecule has 0 radical (unpaired) electrons. The summed E-state index contributed by atoms with van der Waals surface area (Å²) < 4.78 is 5.53. The summed E-state index contributed by atoms with van der Waals surface area (Å²) in [6.45, 7) is 2.83. The van der Waals surface area contributed by atoms with Gasteiger partial charge in [0.1, 0.15) is 11.6 Å². The fraction of sp³-hybridized carbons (Fsp3) is 0.462. The van der Waals surface area contributed by atoms with Crippen molar-refractivity contribution in [3.05, 3.63) is 33.9 Å². The minimum atomic E-state index is -0.560. The van der Waals surface area contributed by atoms with Crippen LogP contribution < -0.4 is 4.90 Å². The van der Waals surface area contributed by atoms with Crippen LogP contribution >= 0.6 is 0 Å². The van der Waals surface area contributed by atoms with Gasteiger partial charge in [0.25, 0.3) is 5.69 Å². The molecule has 0 amide bonds. The lowest BCUT2D eigenvalue weighted by molar-refractivity contribution is -0.385. The van der Waals surface area contributed by atoms with Gasteiger partial charge in [0.2, 0.25) is 0 Å². The molecule has 7 heteroatoms. The molecule has 1 aromatic carbocycles. The van der Waals surface area contributed by atoms with E-state index in [9.17, 15) is 15.2 Å². The maximum Gasteiger partial charge on any atom is 0.289 e. The Hall–Kier alpha value is -2.17. The minimum Gasteiger partial charge on any atom is -0.394 e. The predicted molar refractivity (Wildman–Crippen MR) is 71.4 cm³/mol. The van der Waals surface area contributed by atoms with Gasteiger partial charge in [-0.1, -0.05) is 0 Å². The first kappa shape index (κ1) is 14.2. The molecule has 0 bridgehead atoms. The van der Waals surface area contributed by atoms with Crippen molar-refractivity contribution in [3.8, 4) is 6.07 Å². The quantitative estimate of drug-likeness (QED) is 0.655. The highest BCUT2D eigenvalue weighted by Gasteiger charge is 2.26. The molecule has 0 spiro atoms. The fourth-order valence-electron chi connectivity index (χ4n) is 2.32. The number of rotatable bonds is 3. The van der Waals surface area contributed by atoms with Crippen LogP contribution in [0.4, 0.5) is 11.4 Å². The van der Waals surface area contributed by atoms with Gasteiger partial charge in [-0.15, -0.1) is 0 Å². The summed E-state index contributed by atoms with van der Waals surface area (Å²) in [7, 11) is 0. The SMILES string of the molecule is CC1CN(c2ccc(C#N)c([N+](=O)[O-])c2)CC(CO)O1. The Labute approximate surface area is 116 Å². The van der Waals surface area contributed by atoms with Crippen molar-refractivity contribution in [2.45, 2.75) is 19.1 Å². The minimum absolute atomic E-state index is 0.0405. The van der Waals surface area contributed by atoms with E-state index in [2.05, 4.69) is 0 Å². The third-order valence-corrected chi connectivity index (χ3v) is 3.19. The molecule has 2 unspecified atom stereocenters. The van der Waals surface area contributed by atoms with E-state index in [0.29, 0.717) is 18.8 Å². The molecule has 1 heterocycles. The van der Waals surface area contributed by atoms with E-state index in [1.165, 1.54) is 12.1 Å². The molecule has 7 nitrogen and oxygen atoms in total. The first-order valence-corrected chi connectivity index (χ1v) is 6.25. The number of morpholine rings is 1. The third-order valence-electron chi connectivity index (χ3n) is 3.19. The molecule has 20 heavy (non-hydrogen) atoms. The molecule has 2 atom stereocenters. The van der Waals surface area contributed by atoms with E-state index in [0.717, 1.165) is 0 Å². The van der Waals surface area contributed by atoms with Gasteiger partial charge in [0.05, 0.1) is 23.7 Å². The predicted octanol–water partition coefficient (Wildman–Crippen LogP) is 1.05. The highest BCUT2D eigenvalue weighted by molar-refractivity contribution is 5.60. The van der Waals surface area contributed by atoms with Crippen LogP contribution in [-0.2, 0) is 4.74 Å². The highest BCUT2D eigenvalue weighted by atomic mass is 16.6. The molecule has 0 aromatic heterocycles. The molecule has 1 aliphatic rings. The van der Waals surface area contributed by atoms with Gasteiger partial charge in [-0.2, -0.15) is 5.26 Å². The van der Waals surface area contributed by atoms with Crippen molar-refractivity contribution in [1.82, 2.24) is 0 Å². The maximum atomic E-state index is 11.0. The summed E-state index contributed by atoms with van der Waals surface area (Å²) in [5.41, 5.74) is 0.493. The number of nitrogens with zero attached hydrogens (tertiary/aromatic N) is 3. The van der Waals surface area contributed by atoms with Gasteiger partial charge in [-0.25, -0.2) is 0 Å². The number of nitro groups is 1. The van der Waals surface area contributed by atoms with Crippen molar-refractivity contribution >= 4 is 11.4 Å². The Morgan fingerprint density at radius 1 is 1.60 bits per heavy atom. The van der Waals surface area contributed by atoms with Gasteiger partial charge in [-0.3, -0.25) is 10.1 Å².